The quantitative estimate of drug-likeness (QED) is 0.0667. The molecule has 4 radical (unpaired) electrons. The fourth-order valence-electron chi connectivity index (χ4n) is 7.60. The molecular weight excluding hydrogens is 666 g/mol. The van der Waals surface area contributed by atoms with Crippen molar-refractivity contribution in [2.24, 2.45) is 17.4 Å². The molecule has 0 spiro atoms. The van der Waals surface area contributed by atoms with Crippen LogP contribution in [-0.2, 0) is 14.9 Å². The Bertz CT molecular complexity index is 1960. The minimum atomic E-state index is -1.38. The number of nitrogens with zero attached hydrogens (tertiary/aromatic N) is 4. The number of benzene rings is 1. The number of carbonyl (C=O) groups is 3. The van der Waals surface area contributed by atoms with Crippen LogP contribution < -0.4 is 37.6 Å². The van der Waals surface area contributed by atoms with Crippen LogP contribution in [0, 0.1) is 5.92 Å². The highest BCUT2D eigenvalue weighted by Crippen LogP contribution is 2.50. The lowest BCUT2D eigenvalue weighted by Crippen LogP contribution is -2.50. The Morgan fingerprint density at radius 3 is 2.38 bits per heavy atom. The normalized spacial score (nSPS) is 21.9. The number of hydrogen-bond acceptors (Lipinski definition) is 10. The Kier molecular flexibility index (Phi) is 10.1. The van der Waals surface area contributed by atoms with Gasteiger partial charge in [0, 0.05) is 47.9 Å². The van der Waals surface area contributed by atoms with Crippen molar-refractivity contribution in [2.75, 3.05) is 17.3 Å². The standard InChI is InChI=1S/C38H46B2N10O3/c1-3-30-35-27(19-43-50(35)25-16-14-23(15-17-25)48-38(39,40)31-9-4-6-24(20-51)44-31)26-7-5-8-28(34(26)49(30)2)46-29(33(42)37(53)45-22-12-13-22)18-32(41)47-36(52)21-10-11-21/h4-9,18-23,25,30,46,48H,3,10-17,41-42H2,1-2H3,(H,45,53)(H,47,52)/b32-18+,33-29+. The highest BCUT2D eigenvalue weighted by Gasteiger charge is 2.37. The van der Waals surface area contributed by atoms with Crippen LogP contribution in [0.5, 0.6) is 0 Å². The van der Waals surface area contributed by atoms with Crippen LogP contribution >= 0.6 is 0 Å². The number of aldehydes is 1. The van der Waals surface area contributed by atoms with Crippen LogP contribution in [0.3, 0.4) is 0 Å². The van der Waals surface area contributed by atoms with E-state index < -0.39 is 11.2 Å². The second-order valence-electron chi connectivity index (χ2n) is 14.8. The summed E-state index contributed by atoms with van der Waals surface area (Å²) in [7, 11) is 15.0. The number of para-hydroxylation sites is 1. The number of anilines is 2. The van der Waals surface area contributed by atoms with Crippen molar-refractivity contribution in [3.63, 3.8) is 0 Å². The van der Waals surface area contributed by atoms with Crippen LogP contribution in [-0.4, -0.2) is 67.7 Å². The third-order valence-corrected chi connectivity index (χ3v) is 10.7. The molecule has 1 aromatic carbocycles. The molecule has 3 saturated carbocycles. The Morgan fingerprint density at radius 1 is 0.981 bits per heavy atom. The molecule has 3 aliphatic carbocycles. The van der Waals surface area contributed by atoms with Gasteiger partial charge in [0.15, 0.2) is 6.29 Å². The number of nitrogens with two attached hydrogens (primary N) is 2. The molecule has 2 aromatic heterocycles. The number of nitrogens with one attached hydrogen (secondary N) is 4. The molecule has 0 bridgehead atoms. The van der Waals surface area contributed by atoms with Gasteiger partial charge in [-0.1, -0.05) is 25.1 Å². The summed E-state index contributed by atoms with van der Waals surface area (Å²) in [5.41, 5.74) is 18.6. The van der Waals surface area contributed by atoms with E-state index in [9.17, 15) is 14.4 Å². The molecule has 2 amide bonds. The SMILES string of the molecule is [B]C([B])(NC1CCC(n2ncc3c2C(CC)N(C)c2c(NC(/C=C(\N)NC(=O)C4CC4)=C(/N)C(=O)NC4CC4)cccc2-3)CC1)c1cccc(C=O)n1. The van der Waals surface area contributed by atoms with Gasteiger partial charge in [-0.2, -0.15) is 5.10 Å². The summed E-state index contributed by atoms with van der Waals surface area (Å²) in [6.45, 7) is 2.16. The van der Waals surface area contributed by atoms with E-state index in [2.05, 4.69) is 55.9 Å². The van der Waals surface area contributed by atoms with E-state index in [1.54, 1.807) is 18.2 Å². The third kappa shape index (κ3) is 7.71. The number of aromatic nitrogens is 3. The molecule has 13 nitrogen and oxygen atoms in total. The van der Waals surface area contributed by atoms with Crippen LogP contribution in [0.4, 0.5) is 11.4 Å². The molecule has 8 N–H and O–H groups in total. The lowest BCUT2D eigenvalue weighted by molar-refractivity contribution is -0.121. The van der Waals surface area contributed by atoms with Gasteiger partial charge in [0.2, 0.25) is 5.91 Å². The van der Waals surface area contributed by atoms with Gasteiger partial charge in [-0.25, -0.2) is 4.98 Å². The Morgan fingerprint density at radius 2 is 1.70 bits per heavy atom. The number of allylic oxidation sites excluding steroid dienone is 1. The number of amides is 2. The first-order valence-corrected chi connectivity index (χ1v) is 18.5. The third-order valence-electron chi connectivity index (χ3n) is 10.7. The molecule has 272 valence electrons. The molecule has 3 heterocycles. The van der Waals surface area contributed by atoms with Gasteiger partial charge in [0.1, 0.15) is 17.2 Å². The van der Waals surface area contributed by atoms with Crippen molar-refractivity contribution in [2.45, 2.75) is 94.2 Å². The molecule has 53 heavy (non-hydrogen) atoms. The van der Waals surface area contributed by atoms with E-state index in [1.807, 2.05) is 18.3 Å². The van der Waals surface area contributed by atoms with Crippen LogP contribution in [0.1, 0.15) is 98.7 Å². The molecular formula is C38H46B2N10O3. The summed E-state index contributed by atoms with van der Waals surface area (Å²) < 4.78 is 2.20. The summed E-state index contributed by atoms with van der Waals surface area (Å²) in [4.78, 5) is 43.4. The van der Waals surface area contributed by atoms with Gasteiger partial charge >= 0.3 is 0 Å². The zero-order chi connectivity index (χ0) is 37.4. The smallest absolute Gasteiger partial charge is 0.269 e. The minimum Gasteiger partial charge on any atom is -0.393 e. The van der Waals surface area contributed by atoms with Gasteiger partial charge in [0.25, 0.3) is 5.91 Å². The van der Waals surface area contributed by atoms with Crippen molar-refractivity contribution in [1.82, 2.24) is 30.7 Å². The Balaban J connectivity index is 1.13. The fraction of sp³-hybridized carbons (Fsp3) is 0.447. The average molecular weight is 712 g/mol. The van der Waals surface area contributed by atoms with Gasteiger partial charge in [-0.15, -0.1) is 0 Å². The fourth-order valence-corrected chi connectivity index (χ4v) is 7.60. The lowest BCUT2D eigenvalue weighted by Gasteiger charge is -2.40. The van der Waals surface area contributed by atoms with Crippen LogP contribution in [0.25, 0.3) is 11.1 Å². The van der Waals surface area contributed by atoms with Crippen molar-refractivity contribution in [3.05, 3.63) is 83.0 Å². The number of pyridine rings is 1. The molecule has 3 fully saturated rings. The lowest BCUT2D eigenvalue weighted by atomic mass is 9.59. The van der Waals surface area contributed by atoms with E-state index in [1.165, 1.54) is 6.08 Å². The maximum atomic E-state index is 13.1. The highest BCUT2D eigenvalue weighted by molar-refractivity contribution is 6.39. The zero-order valence-electron chi connectivity index (χ0n) is 30.3. The predicted molar refractivity (Wildman–Crippen MR) is 205 cm³/mol. The maximum Gasteiger partial charge on any atom is 0.269 e. The Hall–Kier alpha value is -5.04. The molecule has 7 rings (SSSR count). The number of rotatable bonds is 13. The van der Waals surface area contributed by atoms with E-state index in [0.29, 0.717) is 17.7 Å². The Labute approximate surface area is 312 Å². The van der Waals surface area contributed by atoms with Gasteiger partial charge < -0.3 is 37.6 Å². The molecule has 1 aliphatic heterocycles. The van der Waals surface area contributed by atoms with E-state index in [0.717, 1.165) is 86.0 Å². The van der Waals surface area contributed by atoms with Crippen LogP contribution in [0.2, 0.25) is 0 Å². The minimum absolute atomic E-state index is 0.0112. The first kappa shape index (κ1) is 36.3. The number of carbonyl (C=O) groups excluding carboxylic acids is 3. The van der Waals surface area contributed by atoms with E-state index in [4.69, 9.17) is 32.3 Å². The van der Waals surface area contributed by atoms with Gasteiger partial charge in [0.05, 0.1) is 56.7 Å². The summed E-state index contributed by atoms with van der Waals surface area (Å²) in [5.74, 6) is -0.454. The van der Waals surface area contributed by atoms with Crippen LogP contribution in [0.15, 0.2) is 65.9 Å². The summed E-state index contributed by atoms with van der Waals surface area (Å²) >= 11 is 0. The summed E-state index contributed by atoms with van der Waals surface area (Å²) in [6, 6.07) is 11.4. The monoisotopic (exact) mass is 712 g/mol. The predicted octanol–water partition coefficient (Wildman–Crippen LogP) is 3.07. The van der Waals surface area contributed by atoms with Gasteiger partial charge in [-0.05, 0) is 81.3 Å². The largest absolute Gasteiger partial charge is 0.393 e. The van der Waals surface area contributed by atoms with E-state index in [-0.39, 0.29) is 53.2 Å². The van der Waals surface area contributed by atoms with E-state index >= 15 is 0 Å². The summed E-state index contributed by atoms with van der Waals surface area (Å²) in [5, 5.41) is 16.1. The molecule has 0 saturated heterocycles. The molecule has 1 unspecified atom stereocenters. The maximum absolute atomic E-state index is 13.1. The zero-order valence-corrected chi connectivity index (χ0v) is 30.3. The van der Waals surface area contributed by atoms with Gasteiger partial charge in [-0.3, -0.25) is 19.1 Å². The number of hydrogen-bond donors (Lipinski definition) is 6. The average Bonchev–Trinajstić information content (AvgIpc) is 4.10. The number of fused-ring (bicyclic) bond motifs is 3. The first-order valence-electron chi connectivity index (χ1n) is 18.5. The molecule has 3 aromatic rings. The van der Waals surface area contributed by atoms with Crippen molar-refractivity contribution in [1.29, 1.82) is 0 Å². The second-order valence-corrected chi connectivity index (χ2v) is 14.8. The molecule has 15 heteroatoms. The van der Waals surface area contributed by atoms with Crippen molar-refractivity contribution < 1.29 is 14.4 Å². The topological polar surface area (TPSA) is 185 Å². The first-order chi connectivity index (χ1) is 25.5. The summed E-state index contributed by atoms with van der Waals surface area (Å²) in [6.07, 6.45) is 11.9. The second kappa shape index (κ2) is 14.8. The van der Waals surface area contributed by atoms with Crippen molar-refractivity contribution in [3.8, 4) is 11.1 Å². The molecule has 1 atom stereocenters. The molecule has 4 aliphatic rings. The highest BCUT2D eigenvalue weighted by atomic mass is 16.2. The van der Waals surface area contributed by atoms with Crippen molar-refractivity contribution >= 4 is 45.2 Å².